The lowest BCUT2D eigenvalue weighted by Crippen LogP contribution is -2.20. The number of halogens is 1. The maximum Gasteiger partial charge on any atom is 0.123 e. The van der Waals surface area contributed by atoms with Gasteiger partial charge < -0.3 is 10.1 Å². The van der Waals surface area contributed by atoms with Crippen molar-refractivity contribution in [2.45, 2.75) is 31.7 Å². The molecule has 0 bridgehead atoms. The number of fused-ring (bicyclic) bond motifs is 1. The van der Waals surface area contributed by atoms with E-state index in [4.69, 9.17) is 16.3 Å². The normalized spacial score (nSPS) is 30.6. The third kappa shape index (κ3) is 2.36. The highest BCUT2D eigenvalue weighted by molar-refractivity contribution is 6.30. The van der Waals surface area contributed by atoms with Crippen LogP contribution in [0.4, 0.5) is 0 Å². The molecule has 0 spiro atoms. The highest BCUT2D eigenvalue weighted by Crippen LogP contribution is 2.61. The van der Waals surface area contributed by atoms with Gasteiger partial charge in [-0.25, -0.2) is 0 Å². The molecule has 1 N–H and O–H groups in total. The van der Waals surface area contributed by atoms with Crippen LogP contribution in [-0.2, 0) is 0 Å². The van der Waals surface area contributed by atoms with Gasteiger partial charge in [0.25, 0.3) is 0 Å². The molecule has 2 nitrogen and oxygen atoms in total. The molecule has 3 atom stereocenters. The molecule has 3 unspecified atom stereocenters. The summed E-state index contributed by atoms with van der Waals surface area (Å²) in [6.07, 6.45) is 5.61. The average molecular weight is 280 g/mol. The van der Waals surface area contributed by atoms with Gasteiger partial charge in [-0.2, -0.15) is 0 Å². The van der Waals surface area contributed by atoms with Crippen molar-refractivity contribution in [1.29, 1.82) is 0 Å². The molecule has 2 aliphatic rings. The predicted molar refractivity (Wildman–Crippen MR) is 78.7 cm³/mol. The molecule has 1 aromatic rings. The Morgan fingerprint density at radius 2 is 1.95 bits per heavy atom. The maximum atomic E-state index is 6.17. The Morgan fingerprint density at radius 1 is 1.26 bits per heavy atom. The molecular formula is C16H22ClNO. The second-order valence-electron chi connectivity index (χ2n) is 5.84. The predicted octanol–water partition coefficient (Wildman–Crippen LogP) is 4.05. The lowest BCUT2D eigenvalue weighted by Gasteiger charge is -2.20. The van der Waals surface area contributed by atoms with Crippen molar-refractivity contribution in [2.75, 3.05) is 14.2 Å². The van der Waals surface area contributed by atoms with Crippen molar-refractivity contribution in [3.63, 3.8) is 0 Å². The molecule has 0 heterocycles. The lowest BCUT2D eigenvalue weighted by molar-refractivity contribution is 0.390. The smallest absolute Gasteiger partial charge is 0.123 e. The Hall–Kier alpha value is -0.730. The highest BCUT2D eigenvalue weighted by Gasteiger charge is 2.54. The van der Waals surface area contributed by atoms with E-state index >= 15 is 0 Å². The summed E-state index contributed by atoms with van der Waals surface area (Å²) in [7, 11) is 3.79. The third-order valence-electron chi connectivity index (χ3n) is 4.95. The van der Waals surface area contributed by atoms with E-state index in [-0.39, 0.29) is 0 Å². The molecule has 0 saturated heterocycles. The molecule has 2 aliphatic carbocycles. The summed E-state index contributed by atoms with van der Waals surface area (Å²) in [6, 6.07) is 6.32. The highest BCUT2D eigenvalue weighted by atomic mass is 35.5. The minimum Gasteiger partial charge on any atom is -0.496 e. The molecule has 0 amide bonds. The van der Waals surface area contributed by atoms with E-state index in [2.05, 4.69) is 18.4 Å². The van der Waals surface area contributed by atoms with Crippen LogP contribution in [0.5, 0.6) is 5.75 Å². The van der Waals surface area contributed by atoms with E-state index in [1.165, 1.54) is 31.2 Å². The van der Waals surface area contributed by atoms with E-state index in [1.807, 2.05) is 12.1 Å². The number of hydrogen-bond acceptors (Lipinski definition) is 2. The summed E-state index contributed by atoms with van der Waals surface area (Å²) in [5, 5.41) is 4.29. The molecule has 19 heavy (non-hydrogen) atoms. The van der Waals surface area contributed by atoms with Crippen LogP contribution < -0.4 is 10.1 Å². The second kappa shape index (κ2) is 5.34. The van der Waals surface area contributed by atoms with Gasteiger partial charge in [-0.05, 0) is 55.8 Å². The molecular weight excluding hydrogens is 258 g/mol. The van der Waals surface area contributed by atoms with Crippen LogP contribution in [-0.4, -0.2) is 14.2 Å². The minimum absolute atomic E-state index is 0.377. The largest absolute Gasteiger partial charge is 0.496 e. The third-order valence-corrected chi connectivity index (χ3v) is 5.18. The van der Waals surface area contributed by atoms with Crippen LogP contribution in [0, 0.1) is 17.8 Å². The van der Waals surface area contributed by atoms with E-state index in [1.54, 1.807) is 7.11 Å². The van der Waals surface area contributed by atoms with Crippen LogP contribution in [0.3, 0.4) is 0 Å². The maximum absolute atomic E-state index is 6.17. The number of ether oxygens (including phenoxy) is 1. The fourth-order valence-electron chi connectivity index (χ4n) is 4.05. The van der Waals surface area contributed by atoms with E-state index in [9.17, 15) is 0 Å². The van der Waals surface area contributed by atoms with Crippen molar-refractivity contribution in [3.8, 4) is 5.75 Å². The van der Waals surface area contributed by atoms with Crippen LogP contribution >= 0.6 is 11.6 Å². The first-order valence-corrected chi connectivity index (χ1v) is 7.64. The first kappa shape index (κ1) is 13.3. The molecule has 2 fully saturated rings. The molecule has 0 radical (unpaired) electrons. The Bertz CT molecular complexity index is 450. The van der Waals surface area contributed by atoms with Crippen molar-refractivity contribution in [3.05, 3.63) is 28.8 Å². The molecule has 104 valence electrons. The first-order valence-electron chi connectivity index (χ1n) is 7.27. The Labute approximate surface area is 120 Å². The van der Waals surface area contributed by atoms with Gasteiger partial charge in [-0.1, -0.05) is 24.4 Å². The van der Waals surface area contributed by atoms with E-state index < -0.39 is 0 Å². The van der Waals surface area contributed by atoms with Crippen LogP contribution in [0.15, 0.2) is 18.2 Å². The monoisotopic (exact) mass is 279 g/mol. The Kier molecular flexibility index (Phi) is 3.72. The fraction of sp³-hybridized carbons (Fsp3) is 0.625. The number of nitrogens with one attached hydrogen (secondary N) is 1. The standard InChI is InChI=1S/C16H22ClNO/c1-18-16(15-11-5-3-4-6-12(11)15)13-9-10(17)7-8-14(13)19-2/h7-9,11-12,15-16,18H,3-6H2,1-2H3. The number of benzene rings is 1. The molecule has 0 aromatic heterocycles. The summed E-state index contributed by atoms with van der Waals surface area (Å²) in [5.41, 5.74) is 1.22. The minimum atomic E-state index is 0.377. The van der Waals surface area contributed by atoms with Gasteiger partial charge >= 0.3 is 0 Å². The summed E-state index contributed by atoms with van der Waals surface area (Å²) in [4.78, 5) is 0. The van der Waals surface area contributed by atoms with E-state index in [0.717, 1.165) is 28.5 Å². The van der Waals surface area contributed by atoms with Crippen LogP contribution in [0.2, 0.25) is 5.02 Å². The number of methoxy groups -OCH3 is 1. The zero-order chi connectivity index (χ0) is 13.4. The zero-order valence-electron chi connectivity index (χ0n) is 11.7. The quantitative estimate of drug-likeness (QED) is 0.898. The van der Waals surface area contributed by atoms with Gasteiger partial charge in [0.2, 0.25) is 0 Å². The van der Waals surface area contributed by atoms with Gasteiger partial charge in [0.1, 0.15) is 5.75 Å². The fourth-order valence-corrected chi connectivity index (χ4v) is 4.23. The summed E-state index contributed by atoms with van der Waals surface area (Å²) < 4.78 is 5.52. The van der Waals surface area contributed by atoms with Crippen molar-refractivity contribution < 1.29 is 4.74 Å². The van der Waals surface area contributed by atoms with Gasteiger partial charge in [-0.15, -0.1) is 0 Å². The topological polar surface area (TPSA) is 21.3 Å². The van der Waals surface area contributed by atoms with Gasteiger partial charge in [0.15, 0.2) is 0 Å². The summed E-state index contributed by atoms with van der Waals surface area (Å²) >= 11 is 6.17. The van der Waals surface area contributed by atoms with Crippen LogP contribution in [0.25, 0.3) is 0 Å². The summed E-state index contributed by atoms with van der Waals surface area (Å²) in [6.45, 7) is 0. The van der Waals surface area contributed by atoms with Gasteiger partial charge in [-0.3, -0.25) is 0 Å². The van der Waals surface area contributed by atoms with Crippen molar-refractivity contribution in [2.24, 2.45) is 17.8 Å². The van der Waals surface area contributed by atoms with E-state index in [0.29, 0.717) is 6.04 Å². The van der Waals surface area contributed by atoms with Crippen molar-refractivity contribution >= 4 is 11.6 Å². The Morgan fingerprint density at radius 3 is 2.53 bits per heavy atom. The first-order chi connectivity index (χ1) is 9.26. The molecule has 1 aromatic carbocycles. The molecule has 0 aliphatic heterocycles. The van der Waals surface area contributed by atoms with Gasteiger partial charge in [0, 0.05) is 16.6 Å². The molecule has 2 saturated carbocycles. The molecule has 3 rings (SSSR count). The number of rotatable bonds is 4. The average Bonchev–Trinajstić information content (AvgIpc) is 3.15. The lowest BCUT2D eigenvalue weighted by atomic mass is 9.99. The zero-order valence-corrected chi connectivity index (χ0v) is 12.4. The molecule has 3 heteroatoms. The van der Waals surface area contributed by atoms with Crippen molar-refractivity contribution in [1.82, 2.24) is 5.32 Å². The number of hydrogen-bond donors (Lipinski definition) is 1. The Balaban J connectivity index is 1.88. The van der Waals surface area contributed by atoms with Crippen LogP contribution in [0.1, 0.15) is 37.3 Å². The second-order valence-corrected chi connectivity index (χ2v) is 6.28. The van der Waals surface area contributed by atoms with Gasteiger partial charge in [0.05, 0.1) is 7.11 Å². The SMILES string of the molecule is CNC(c1cc(Cl)ccc1OC)C1C2CCCCC21. The summed E-state index contributed by atoms with van der Waals surface area (Å²) in [5.74, 6) is 3.54.